The van der Waals surface area contributed by atoms with Crippen LogP contribution in [-0.2, 0) is 0 Å². The molecule has 0 aliphatic carbocycles. The molecule has 0 aliphatic heterocycles. The van der Waals surface area contributed by atoms with Crippen LogP contribution < -0.4 is 4.74 Å². The van der Waals surface area contributed by atoms with Gasteiger partial charge in [0.15, 0.2) is 0 Å². The molecular weight excluding hydrogens is 269 g/mol. The van der Waals surface area contributed by atoms with Gasteiger partial charge in [0.25, 0.3) is 0 Å². The van der Waals surface area contributed by atoms with Gasteiger partial charge in [-0.25, -0.2) is 0 Å². The number of hydrogen-bond acceptors (Lipinski definition) is 3. The van der Waals surface area contributed by atoms with Crippen molar-refractivity contribution in [1.29, 1.82) is 5.26 Å². The third-order valence-corrected chi connectivity index (χ3v) is 2.54. The lowest BCUT2D eigenvalue weighted by molar-refractivity contribution is -0.274. The largest absolute Gasteiger partial charge is 0.573 e. The van der Waals surface area contributed by atoms with E-state index in [1.807, 2.05) is 6.07 Å². The summed E-state index contributed by atoms with van der Waals surface area (Å²) < 4.78 is 39.8. The Morgan fingerprint density at radius 1 is 1.33 bits per heavy atom. The number of nitrogens with zero attached hydrogens (tertiary/aromatic N) is 2. The summed E-state index contributed by atoms with van der Waals surface area (Å²) in [6.45, 7) is 0. The van der Waals surface area contributed by atoms with Crippen LogP contribution in [0.4, 0.5) is 13.2 Å². The molecule has 2 aromatic rings. The van der Waals surface area contributed by atoms with Crippen LogP contribution in [0.3, 0.4) is 0 Å². The highest BCUT2D eigenvalue weighted by molar-refractivity contribution is 6.36. The zero-order valence-corrected chi connectivity index (χ0v) is 9.38. The van der Waals surface area contributed by atoms with E-state index in [1.54, 1.807) is 0 Å². The predicted molar refractivity (Wildman–Crippen MR) is 58.2 cm³/mol. The SMILES string of the molecule is N#Cc1cnc2cc(OC(F)(F)F)ccc2c1Cl. The van der Waals surface area contributed by atoms with Crippen molar-refractivity contribution in [3.05, 3.63) is 35.0 Å². The van der Waals surface area contributed by atoms with Crippen LogP contribution in [0.1, 0.15) is 5.56 Å². The van der Waals surface area contributed by atoms with E-state index in [0.29, 0.717) is 5.39 Å². The molecule has 0 radical (unpaired) electrons. The third kappa shape index (κ3) is 2.46. The molecule has 0 N–H and O–H groups in total. The first kappa shape index (κ1) is 12.5. The van der Waals surface area contributed by atoms with Crippen LogP contribution in [0.5, 0.6) is 5.75 Å². The molecule has 0 aliphatic rings. The number of fused-ring (bicyclic) bond motifs is 1. The van der Waals surface area contributed by atoms with E-state index in [2.05, 4.69) is 9.72 Å². The van der Waals surface area contributed by atoms with Crippen LogP contribution in [0.15, 0.2) is 24.4 Å². The topological polar surface area (TPSA) is 45.9 Å². The fourth-order valence-electron chi connectivity index (χ4n) is 1.41. The van der Waals surface area contributed by atoms with Crippen molar-refractivity contribution in [2.45, 2.75) is 6.36 Å². The summed E-state index contributed by atoms with van der Waals surface area (Å²) >= 11 is 5.90. The van der Waals surface area contributed by atoms with Crippen molar-refractivity contribution in [1.82, 2.24) is 4.98 Å². The zero-order valence-electron chi connectivity index (χ0n) is 8.62. The molecule has 3 nitrogen and oxygen atoms in total. The zero-order chi connectivity index (χ0) is 13.3. The van der Waals surface area contributed by atoms with Crippen LogP contribution in [-0.4, -0.2) is 11.3 Å². The Kier molecular flexibility index (Phi) is 3.01. The van der Waals surface area contributed by atoms with E-state index >= 15 is 0 Å². The predicted octanol–water partition coefficient (Wildman–Crippen LogP) is 3.66. The molecular formula is C11H4ClF3N2O. The number of hydrogen-bond donors (Lipinski definition) is 0. The summed E-state index contributed by atoms with van der Waals surface area (Å²) in [5.74, 6) is -0.386. The molecule has 0 fully saturated rings. The molecule has 0 bridgehead atoms. The highest BCUT2D eigenvalue weighted by atomic mass is 35.5. The molecule has 1 heterocycles. The summed E-state index contributed by atoms with van der Waals surface area (Å²) in [6, 6.07) is 5.38. The lowest BCUT2D eigenvalue weighted by Gasteiger charge is -2.09. The van der Waals surface area contributed by atoms with Gasteiger partial charge in [0.05, 0.1) is 16.1 Å². The van der Waals surface area contributed by atoms with E-state index in [0.717, 1.165) is 12.1 Å². The second-order valence-corrected chi connectivity index (χ2v) is 3.70. The first-order valence-corrected chi connectivity index (χ1v) is 5.02. The van der Waals surface area contributed by atoms with Gasteiger partial charge in [0.1, 0.15) is 11.8 Å². The van der Waals surface area contributed by atoms with Crippen molar-refractivity contribution in [3.63, 3.8) is 0 Å². The van der Waals surface area contributed by atoms with Crippen LogP contribution >= 0.6 is 11.6 Å². The average Bonchev–Trinajstić information content (AvgIpc) is 2.27. The minimum absolute atomic E-state index is 0.154. The summed E-state index contributed by atoms with van der Waals surface area (Å²) in [5, 5.41) is 9.28. The van der Waals surface area contributed by atoms with Crippen molar-refractivity contribution in [2.24, 2.45) is 0 Å². The van der Waals surface area contributed by atoms with E-state index < -0.39 is 6.36 Å². The lowest BCUT2D eigenvalue weighted by atomic mass is 10.1. The van der Waals surface area contributed by atoms with Gasteiger partial charge in [-0.3, -0.25) is 4.98 Å². The monoisotopic (exact) mass is 272 g/mol. The van der Waals surface area contributed by atoms with Gasteiger partial charge in [-0.15, -0.1) is 13.2 Å². The maximum absolute atomic E-state index is 12.0. The highest BCUT2D eigenvalue weighted by Gasteiger charge is 2.31. The van der Waals surface area contributed by atoms with E-state index in [4.69, 9.17) is 16.9 Å². The second-order valence-electron chi connectivity index (χ2n) is 3.32. The van der Waals surface area contributed by atoms with Crippen molar-refractivity contribution in [3.8, 4) is 11.8 Å². The molecule has 18 heavy (non-hydrogen) atoms. The average molecular weight is 273 g/mol. The number of benzene rings is 1. The number of rotatable bonds is 1. The summed E-state index contributed by atoms with van der Waals surface area (Å²) in [4.78, 5) is 3.85. The van der Waals surface area contributed by atoms with Gasteiger partial charge in [-0.1, -0.05) is 11.6 Å². The van der Waals surface area contributed by atoms with Crippen molar-refractivity contribution in [2.75, 3.05) is 0 Å². The number of aromatic nitrogens is 1. The van der Waals surface area contributed by atoms with Crippen LogP contribution in [0.2, 0.25) is 5.02 Å². The number of ether oxygens (including phenoxy) is 1. The Hall–Kier alpha value is -2.00. The minimum atomic E-state index is -4.76. The normalized spacial score (nSPS) is 11.3. The molecule has 2 rings (SSSR count). The van der Waals surface area contributed by atoms with Crippen molar-refractivity contribution < 1.29 is 17.9 Å². The number of pyridine rings is 1. The first-order chi connectivity index (χ1) is 8.40. The van der Waals surface area contributed by atoms with E-state index in [9.17, 15) is 13.2 Å². The van der Waals surface area contributed by atoms with E-state index in [-0.39, 0.29) is 21.9 Å². The maximum atomic E-state index is 12.0. The molecule has 1 aromatic heterocycles. The first-order valence-electron chi connectivity index (χ1n) is 4.65. The van der Waals surface area contributed by atoms with Gasteiger partial charge in [-0.2, -0.15) is 5.26 Å². The van der Waals surface area contributed by atoms with E-state index in [1.165, 1.54) is 12.3 Å². The maximum Gasteiger partial charge on any atom is 0.573 e. The smallest absolute Gasteiger partial charge is 0.406 e. The number of nitriles is 1. The number of halogens is 4. The fraction of sp³-hybridized carbons (Fsp3) is 0.0909. The highest BCUT2D eigenvalue weighted by Crippen LogP contribution is 2.30. The Morgan fingerprint density at radius 3 is 2.67 bits per heavy atom. The number of alkyl halides is 3. The summed E-state index contributed by atoms with van der Waals surface area (Å²) in [7, 11) is 0. The Labute approximate surface area is 104 Å². The quantitative estimate of drug-likeness (QED) is 0.796. The molecule has 0 spiro atoms. The Balaban J connectivity index is 2.52. The Bertz CT molecular complexity index is 649. The van der Waals surface area contributed by atoms with Gasteiger partial charge in [-0.05, 0) is 12.1 Å². The molecule has 0 atom stereocenters. The molecule has 92 valence electrons. The molecule has 0 saturated carbocycles. The minimum Gasteiger partial charge on any atom is -0.406 e. The van der Waals surface area contributed by atoms with Crippen LogP contribution in [0, 0.1) is 11.3 Å². The summed E-state index contributed by atoms with van der Waals surface area (Å²) in [5.41, 5.74) is 0.384. The lowest BCUT2D eigenvalue weighted by Crippen LogP contribution is -2.17. The molecule has 0 amide bonds. The Morgan fingerprint density at radius 2 is 2.06 bits per heavy atom. The molecule has 7 heteroatoms. The summed E-state index contributed by atoms with van der Waals surface area (Å²) in [6.07, 6.45) is -3.56. The standard InChI is InChI=1S/C11H4ClF3N2O/c12-10-6(4-16)5-17-9-3-7(1-2-8(9)10)18-11(13,14)15/h1-3,5H. The van der Waals surface area contributed by atoms with Gasteiger partial charge < -0.3 is 4.74 Å². The molecule has 0 saturated heterocycles. The fourth-order valence-corrected chi connectivity index (χ4v) is 1.67. The second kappa shape index (κ2) is 4.35. The van der Waals surface area contributed by atoms with Gasteiger partial charge in [0.2, 0.25) is 0 Å². The molecule has 1 aromatic carbocycles. The van der Waals surface area contributed by atoms with Gasteiger partial charge in [0, 0.05) is 17.6 Å². The third-order valence-electron chi connectivity index (χ3n) is 2.13. The van der Waals surface area contributed by atoms with Gasteiger partial charge >= 0.3 is 6.36 Å². The van der Waals surface area contributed by atoms with Crippen LogP contribution in [0.25, 0.3) is 10.9 Å². The molecule has 0 unspecified atom stereocenters. The van der Waals surface area contributed by atoms with Crippen molar-refractivity contribution >= 4 is 22.5 Å².